The molecule has 0 amide bonds. The van der Waals surface area contributed by atoms with Gasteiger partial charge in [-0.15, -0.1) is 0 Å². The average molecular weight is 280 g/mol. The minimum absolute atomic E-state index is 0.102. The molecule has 2 aromatic rings. The van der Waals surface area contributed by atoms with Gasteiger partial charge in [0.1, 0.15) is 5.75 Å². The topological polar surface area (TPSA) is 29.5 Å². The van der Waals surface area contributed by atoms with Crippen molar-refractivity contribution in [1.82, 2.24) is 0 Å². The van der Waals surface area contributed by atoms with Gasteiger partial charge >= 0.3 is 0 Å². The molecule has 108 valence electrons. The first-order chi connectivity index (χ1) is 10.3. The summed E-state index contributed by atoms with van der Waals surface area (Å²) in [5.41, 5.74) is 3.42. The first-order valence-corrected chi connectivity index (χ1v) is 7.79. The highest BCUT2D eigenvalue weighted by Gasteiger charge is 2.45. The summed E-state index contributed by atoms with van der Waals surface area (Å²) in [5, 5.41) is 11.0. The van der Waals surface area contributed by atoms with Crippen molar-refractivity contribution in [3.05, 3.63) is 65.2 Å². The van der Waals surface area contributed by atoms with Gasteiger partial charge in [0, 0.05) is 11.8 Å². The van der Waals surface area contributed by atoms with Crippen LogP contribution in [-0.2, 0) is 11.8 Å². The summed E-state index contributed by atoms with van der Waals surface area (Å²) in [7, 11) is 0. The standard InChI is InChI=1S/C19H20O2/c20-18(15-7-8-17-14(13-15)9-12-21-17)19(10-4-11-19)16-5-2-1-3-6-16/h1-3,5-8,13,18,20H,4,9-12H2. The molecule has 1 unspecified atom stereocenters. The smallest absolute Gasteiger partial charge is 0.122 e. The van der Waals surface area contributed by atoms with E-state index in [2.05, 4.69) is 30.3 Å². The molecule has 0 bridgehead atoms. The third-order valence-corrected chi connectivity index (χ3v) is 5.15. The van der Waals surface area contributed by atoms with Gasteiger partial charge in [-0.2, -0.15) is 0 Å². The Hall–Kier alpha value is -1.80. The number of aliphatic hydroxyl groups is 1. The van der Waals surface area contributed by atoms with Gasteiger partial charge in [0.05, 0.1) is 12.7 Å². The Morgan fingerprint density at radius 2 is 1.86 bits per heavy atom. The largest absolute Gasteiger partial charge is 0.493 e. The molecule has 0 radical (unpaired) electrons. The fourth-order valence-electron chi connectivity index (χ4n) is 3.74. The minimum atomic E-state index is -0.431. The summed E-state index contributed by atoms with van der Waals surface area (Å²) < 4.78 is 5.56. The molecule has 1 heterocycles. The number of aliphatic hydroxyl groups excluding tert-OH is 1. The quantitative estimate of drug-likeness (QED) is 0.927. The molecule has 1 atom stereocenters. The van der Waals surface area contributed by atoms with Gasteiger partial charge in [0.15, 0.2) is 0 Å². The van der Waals surface area contributed by atoms with E-state index in [9.17, 15) is 5.11 Å². The van der Waals surface area contributed by atoms with E-state index in [4.69, 9.17) is 4.74 Å². The third-order valence-electron chi connectivity index (χ3n) is 5.15. The molecule has 1 saturated carbocycles. The molecule has 0 saturated heterocycles. The van der Waals surface area contributed by atoms with E-state index in [0.717, 1.165) is 37.2 Å². The predicted molar refractivity (Wildman–Crippen MR) is 82.6 cm³/mol. The second-order valence-electron chi connectivity index (χ2n) is 6.24. The van der Waals surface area contributed by atoms with Gasteiger partial charge in [0.2, 0.25) is 0 Å². The van der Waals surface area contributed by atoms with Crippen molar-refractivity contribution in [1.29, 1.82) is 0 Å². The highest BCUT2D eigenvalue weighted by molar-refractivity contribution is 5.43. The van der Waals surface area contributed by atoms with Crippen molar-refractivity contribution in [3.8, 4) is 5.75 Å². The summed E-state index contributed by atoms with van der Waals surface area (Å²) in [6, 6.07) is 16.6. The van der Waals surface area contributed by atoms with Gasteiger partial charge in [-0.3, -0.25) is 0 Å². The molecule has 0 spiro atoms. The maximum atomic E-state index is 11.0. The molecule has 1 aliphatic carbocycles. The number of benzene rings is 2. The zero-order valence-corrected chi connectivity index (χ0v) is 12.1. The van der Waals surface area contributed by atoms with Gasteiger partial charge in [-0.1, -0.05) is 42.8 Å². The molecule has 0 aromatic heterocycles. The second kappa shape index (κ2) is 4.88. The Bertz CT molecular complexity index is 644. The minimum Gasteiger partial charge on any atom is -0.493 e. The Morgan fingerprint density at radius 1 is 1.05 bits per heavy atom. The Kier molecular flexibility index (Phi) is 3.00. The van der Waals surface area contributed by atoms with Crippen molar-refractivity contribution in [2.24, 2.45) is 0 Å². The molecule has 1 fully saturated rings. The Labute approximate surface area is 125 Å². The number of hydrogen-bond donors (Lipinski definition) is 1. The van der Waals surface area contributed by atoms with Crippen molar-refractivity contribution >= 4 is 0 Å². The zero-order chi connectivity index (χ0) is 14.3. The molecule has 2 heteroatoms. The lowest BCUT2D eigenvalue weighted by Gasteiger charge is -2.46. The molecule has 2 aliphatic rings. The van der Waals surface area contributed by atoms with Crippen LogP contribution in [0.5, 0.6) is 5.75 Å². The van der Waals surface area contributed by atoms with Crippen LogP contribution in [-0.4, -0.2) is 11.7 Å². The van der Waals surface area contributed by atoms with E-state index in [-0.39, 0.29) is 5.41 Å². The summed E-state index contributed by atoms with van der Waals surface area (Å²) in [6.45, 7) is 0.763. The second-order valence-corrected chi connectivity index (χ2v) is 6.24. The SMILES string of the molecule is OC(c1ccc2c(c1)CCO2)C1(c2ccccc2)CCC1. The van der Waals surface area contributed by atoms with Crippen LogP contribution in [0.1, 0.15) is 42.1 Å². The predicted octanol–water partition coefficient (Wildman–Crippen LogP) is 3.78. The lowest BCUT2D eigenvalue weighted by Crippen LogP contribution is -2.40. The maximum Gasteiger partial charge on any atom is 0.122 e. The fraction of sp³-hybridized carbons (Fsp3) is 0.368. The maximum absolute atomic E-state index is 11.0. The molecular weight excluding hydrogens is 260 g/mol. The first kappa shape index (κ1) is 12.9. The molecule has 21 heavy (non-hydrogen) atoms. The number of rotatable bonds is 3. The van der Waals surface area contributed by atoms with E-state index in [1.807, 2.05) is 18.2 Å². The average Bonchev–Trinajstić information content (AvgIpc) is 2.94. The van der Waals surface area contributed by atoms with Gasteiger partial charge < -0.3 is 9.84 Å². The van der Waals surface area contributed by atoms with E-state index < -0.39 is 6.10 Å². The number of ether oxygens (including phenoxy) is 1. The van der Waals surface area contributed by atoms with Crippen LogP contribution in [0.15, 0.2) is 48.5 Å². The van der Waals surface area contributed by atoms with E-state index in [1.54, 1.807) is 0 Å². The summed E-state index contributed by atoms with van der Waals surface area (Å²) >= 11 is 0. The number of fused-ring (bicyclic) bond motifs is 1. The van der Waals surface area contributed by atoms with Crippen LogP contribution < -0.4 is 4.74 Å². The van der Waals surface area contributed by atoms with Gasteiger partial charge in [0.25, 0.3) is 0 Å². The van der Waals surface area contributed by atoms with Crippen molar-refractivity contribution in [2.75, 3.05) is 6.61 Å². The van der Waals surface area contributed by atoms with Crippen LogP contribution >= 0.6 is 0 Å². The summed E-state index contributed by atoms with van der Waals surface area (Å²) in [5.74, 6) is 0.980. The van der Waals surface area contributed by atoms with Crippen molar-refractivity contribution < 1.29 is 9.84 Å². The normalized spacial score (nSPS) is 20.2. The third kappa shape index (κ3) is 1.97. The highest BCUT2D eigenvalue weighted by atomic mass is 16.5. The lowest BCUT2D eigenvalue weighted by molar-refractivity contribution is 0.0268. The molecule has 1 aliphatic heterocycles. The summed E-state index contributed by atoms with van der Waals surface area (Å²) in [6.07, 6.45) is 3.84. The van der Waals surface area contributed by atoms with E-state index in [0.29, 0.717) is 0 Å². The van der Waals surface area contributed by atoms with E-state index in [1.165, 1.54) is 17.5 Å². The molecule has 2 aromatic carbocycles. The fourth-order valence-corrected chi connectivity index (χ4v) is 3.74. The molecule has 2 nitrogen and oxygen atoms in total. The molecule has 4 rings (SSSR count). The first-order valence-electron chi connectivity index (χ1n) is 7.79. The molecule has 1 N–H and O–H groups in total. The summed E-state index contributed by atoms with van der Waals surface area (Å²) in [4.78, 5) is 0. The van der Waals surface area contributed by atoms with Crippen LogP contribution in [0, 0.1) is 0 Å². The van der Waals surface area contributed by atoms with Crippen molar-refractivity contribution in [3.63, 3.8) is 0 Å². The molecular formula is C19H20O2. The highest BCUT2D eigenvalue weighted by Crippen LogP contribution is 2.52. The van der Waals surface area contributed by atoms with Crippen LogP contribution in [0.2, 0.25) is 0 Å². The lowest BCUT2D eigenvalue weighted by atomic mass is 9.60. The zero-order valence-electron chi connectivity index (χ0n) is 12.1. The Morgan fingerprint density at radius 3 is 2.57 bits per heavy atom. The van der Waals surface area contributed by atoms with Crippen LogP contribution in [0.25, 0.3) is 0 Å². The van der Waals surface area contributed by atoms with Crippen molar-refractivity contribution in [2.45, 2.75) is 37.2 Å². The van der Waals surface area contributed by atoms with Gasteiger partial charge in [-0.05, 0) is 41.7 Å². The van der Waals surface area contributed by atoms with E-state index >= 15 is 0 Å². The number of hydrogen-bond acceptors (Lipinski definition) is 2. The van der Waals surface area contributed by atoms with Gasteiger partial charge in [-0.25, -0.2) is 0 Å². The van der Waals surface area contributed by atoms with Crippen LogP contribution in [0.4, 0.5) is 0 Å². The Balaban J connectivity index is 1.71. The monoisotopic (exact) mass is 280 g/mol. The van der Waals surface area contributed by atoms with Crippen LogP contribution in [0.3, 0.4) is 0 Å².